The minimum atomic E-state index is -0.239. The van der Waals surface area contributed by atoms with Crippen molar-refractivity contribution in [2.24, 2.45) is 0 Å². The van der Waals surface area contributed by atoms with Gasteiger partial charge in [0.25, 0.3) is 5.91 Å². The number of hydrogen-bond donors (Lipinski definition) is 2. The highest BCUT2D eigenvalue weighted by molar-refractivity contribution is 9.11. The molecule has 1 heterocycles. The van der Waals surface area contributed by atoms with Crippen LogP contribution >= 0.6 is 27.3 Å². The number of hydrogen-bond acceptors (Lipinski definition) is 3. The fourth-order valence-corrected chi connectivity index (χ4v) is 3.29. The second-order valence-electron chi connectivity index (χ2n) is 4.99. The highest BCUT2D eigenvalue weighted by Gasteiger charge is 2.10. The molecule has 2 rings (SSSR count). The summed E-state index contributed by atoms with van der Waals surface area (Å²) in [5.74, 6) is -0.443. The van der Waals surface area contributed by atoms with Gasteiger partial charge in [-0.3, -0.25) is 9.59 Å². The average Bonchev–Trinajstić information content (AvgIpc) is 2.90. The summed E-state index contributed by atoms with van der Waals surface area (Å²) in [4.78, 5) is 24.2. The molecule has 6 heteroatoms. The number of aryl methyl sites for hydroxylation is 2. The summed E-state index contributed by atoms with van der Waals surface area (Å²) in [6.07, 6.45) is 0. The molecule has 0 saturated carbocycles. The molecule has 2 aromatic rings. The SMILES string of the molecule is Cc1ccc(CNC(=O)CNC(=O)c2ccc(Br)s2)c(C)c1. The zero-order valence-corrected chi connectivity index (χ0v) is 14.8. The van der Waals surface area contributed by atoms with Crippen LogP contribution in [0.25, 0.3) is 0 Å². The number of nitrogens with one attached hydrogen (secondary N) is 2. The predicted octanol–water partition coefficient (Wildman–Crippen LogP) is 3.17. The zero-order valence-electron chi connectivity index (χ0n) is 12.4. The first-order valence-corrected chi connectivity index (χ1v) is 8.43. The molecule has 1 aromatic carbocycles. The van der Waals surface area contributed by atoms with E-state index in [-0.39, 0.29) is 18.4 Å². The summed E-state index contributed by atoms with van der Waals surface area (Å²) >= 11 is 4.64. The Morgan fingerprint density at radius 1 is 1.14 bits per heavy atom. The number of benzene rings is 1. The average molecular weight is 381 g/mol. The van der Waals surface area contributed by atoms with Gasteiger partial charge < -0.3 is 10.6 Å². The minimum Gasteiger partial charge on any atom is -0.350 e. The predicted molar refractivity (Wildman–Crippen MR) is 92.1 cm³/mol. The van der Waals surface area contributed by atoms with E-state index in [1.165, 1.54) is 16.9 Å². The molecule has 0 spiro atoms. The molecular formula is C16H17BrN2O2S. The number of thiophene rings is 1. The number of carbonyl (C=O) groups excluding carboxylic acids is 2. The molecule has 0 radical (unpaired) electrons. The van der Waals surface area contributed by atoms with E-state index in [0.29, 0.717) is 11.4 Å². The van der Waals surface area contributed by atoms with Crippen molar-refractivity contribution in [1.82, 2.24) is 10.6 Å². The van der Waals surface area contributed by atoms with Gasteiger partial charge in [0.15, 0.2) is 0 Å². The zero-order chi connectivity index (χ0) is 16.1. The second kappa shape index (κ2) is 7.56. The molecule has 0 aliphatic carbocycles. The van der Waals surface area contributed by atoms with Crippen molar-refractivity contribution < 1.29 is 9.59 Å². The van der Waals surface area contributed by atoms with Gasteiger partial charge in [-0.1, -0.05) is 23.8 Å². The molecular weight excluding hydrogens is 364 g/mol. The van der Waals surface area contributed by atoms with E-state index in [4.69, 9.17) is 0 Å². The van der Waals surface area contributed by atoms with Crippen LogP contribution in [0.4, 0.5) is 0 Å². The maximum Gasteiger partial charge on any atom is 0.261 e. The summed E-state index contributed by atoms with van der Waals surface area (Å²) in [5, 5.41) is 5.42. The van der Waals surface area contributed by atoms with Gasteiger partial charge in [0.05, 0.1) is 15.2 Å². The van der Waals surface area contributed by atoms with Crippen LogP contribution in [0.15, 0.2) is 34.1 Å². The van der Waals surface area contributed by atoms with E-state index in [1.807, 2.05) is 26.0 Å². The highest BCUT2D eigenvalue weighted by Crippen LogP contribution is 2.21. The highest BCUT2D eigenvalue weighted by atomic mass is 79.9. The van der Waals surface area contributed by atoms with Crippen molar-refractivity contribution in [3.05, 3.63) is 55.7 Å². The van der Waals surface area contributed by atoms with Crippen molar-refractivity contribution in [3.63, 3.8) is 0 Å². The van der Waals surface area contributed by atoms with Crippen molar-refractivity contribution in [1.29, 1.82) is 0 Å². The maximum absolute atomic E-state index is 11.8. The Kier molecular flexibility index (Phi) is 5.74. The van der Waals surface area contributed by atoms with E-state index in [1.54, 1.807) is 12.1 Å². The molecule has 116 valence electrons. The van der Waals surface area contributed by atoms with Gasteiger partial charge in [-0.2, -0.15) is 0 Å². The summed E-state index contributed by atoms with van der Waals surface area (Å²) < 4.78 is 0.886. The lowest BCUT2D eigenvalue weighted by Gasteiger charge is -2.09. The third-order valence-electron chi connectivity index (χ3n) is 3.18. The lowest BCUT2D eigenvalue weighted by molar-refractivity contribution is -0.120. The molecule has 0 aliphatic rings. The molecule has 1 aromatic heterocycles. The molecule has 0 unspecified atom stereocenters. The van der Waals surface area contributed by atoms with Crippen LogP contribution in [-0.2, 0) is 11.3 Å². The molecule has 0 aliphatic heterocycles. The van der Waals surface area contributed by atoms with Gasteiger partial charge in [-0.15, -0.1) is 11.3 Å². The molecule has 22 heavy (non-hydrogen) atoms. The van der Waals surface area contributed by atoms with Gasteiger partial charge in [0, 0.05) is 6.54 Å². The van der Waals surface area contributed by atoms with Gasteiger partial charge in [0.1, 0.15) is 0 Å². The van der Waals surface area contributed by atoms with Crippen LogP contribution in [0.1, 0.15) is 26.4 Å². The van der Waals surface area contributed by atoms with Gasteiger partial charge in [-0.25, -0.2) is 0 Å². The van der Waals surface area contributed by atoms with Crippen LogP contribution in [0, 0.1) is 13.8 Å². The Morgan fingerprint density at radius 3 is 2.55 bits per heavy atom. The number of halogens is 1. The summed E-state index contributed by atoms with van der Waals surface area (Å²) in [5.41, 5.74) is 3.42. The quantitative estimate of drug-likeness (QED) is 0.836. The normalized spacial score (nSPS) is 10.3. The van der Waals surface area contributed by atoms with E-state index in [2.05, 4.69) is 32.6 Å². The van der Waals surface area contributed by atoms with Crippen molar-refractivity contribution in [3.8, 4) is 0 Å². The number of rotatable bonds is 5. The van der Waals surface area contributed by atoms with Crippen LogP contribution < -0.4 is 10.6 Å². The van der Waals surface area contributed by atoms with Gasteiger partial charge >= 0.3 is 0 Å². The summed E-state index contributed by atoms with van der Waals surface area (Å²) in [6.45, 7) is 4.49. The maximum atomic E-state index is 11.8. The Hall–Kier alpha value is -1.66. The largest absolute Gasteiger partial charge is 0.350 e. The number of amides is 2. The molecule has 0 atom stereocenters. The van der Waals surface area contributed by atoms with Crippen LogP contribution in [-0.4, -0.2) is 18.4 Å². The molecule has 0 fully saturated rings. The Labute approximate surface area is 142 Å². The molecule has 2 amide bonds. The smallest absolute Gasteiger partial charge is 0.261 e. The van der Waals surface area contributed by atoms with Gasteiger partial charge in [-0.05, 0) is 53.0 Å². The fraction of sp³-hybridized carbons (Fsp3) is 0.250. The monoisotopic (exact) mass is 380 g/mol. The van der Waals surface area contributed by atoms with Crippen LogP contribution in [0.3, 0.4) is 0 Å². The Balaban J connectivity index is 1.79. The number of carbonyl (C=O) groups is 2. The van der Waals surface area contributed by atoms with Crippen LogP contribution in [0.5, 0.6) is 0 Å². The fourth-order valence-electron chi connectivity index (χ4n) is 1.98. The summed E-state index contributed by atoms with van der Waals surface area (Å²) in [7, 11) is 0. The van der Waals surface area contributed by atoms with E-state index in [9.17, 15) is 9.59 Å². The third-order valence-corrected chi connectivity index (χ3v) is 4.80. The van der Waals surface area contributed by atoms with Gasteiger partial charge in [0.2, 0.25) is 5.91 Å². The summed E-state index contributed by atoms with van der Waals surface area (Å²) in [6, 6.07) is 9.63. The first-order chi connectivity index (χ1) is 10.5. The topological polar surface area (TPSA) is 58.2 Å². The first kappa shape index (κ1) is 16.7. The lowest BCUT2D eigenvalue weighted by Crippen LogP contribution is -2.36. The molecule has 0 saturated heterocycles. The Bertz CT molecular complexity index is 697. The lowest BCUT2D eigenvalue weighted by atomic mass is 10.1. The van der Waals surface area contributed by atoms with E-state index >= 15 is 0 Å². The third kappa shape index (κ3) is 4.68. The molecule has 4 nitrogen and oxygen atoms in total. The second-order valence-corrected chi connectivity index (χ2v) is 7.46. The van der Waals surface area contributed by atoms with Crippen molar-refractivity contribution >= 4 is 39.1 Å². The van der Waals surface area contributed by atoms with Crippen molar-refractivity contribution in [2.75, 3.05) is 6.54 Å². The first-order valence-electron chi connectivity index (χ1n) is 6.82. The standard InChI is InChI=1S/C16H17BrN2O2S/c1-10-3-4-12(11(2)7-10)8-18-15(20)9-19-16(21)13-5-6-14(17)22-13/h3-7H,8-9H2,1-2H3,(H,18,20)(H,19,21). The van der Waals surface area contributed by atoms with E-state index < -0.39 is 0 Å². The Morgan fingerprint density at radius 2 is 1.91 bits per heavy atom. The van der Waals surface area contributed by atoms with E-state index in [0.717, 1.165) is 14.9 Å². The van der Waals surface area contributed by atoms with Crippen molar-refractivity contribution in [2.45, 2.75) is 20.4 Å². The molecule has 0 bridgehead atoms. The van der Waals surface area contributed by atoms with Crippen LogP contribution in [0.2, 0.25) is 0 Å². The minimum absolute atomic E-state index is 0.0285. The molecule has 2 N–H and O–H groups in total.